The van der Waals surface area contributed by atoms with Crippen molar-refractivity contribution >= 4 is 23.1 Å². The molecular weight excluding hydrogens is 489 g/mol. The number of hydrogen-bond acceptors (Lipinski definition) is 5. The minimum Gasteiger partial charge on any atom is -0.476 e. The molecule has 0 aliphatic carbocycles. The number of halogens is 3. The fourth-order valence-corrected chi connectivity index (χ4v) is 4.29. The summed E-state index contributed by atoms with van der Waals surface area (Å²) in [6, 6.07) is 15.5. The van der Waals surface area contributed by atoms with Crippen LogP contribution in [0.5, 0.6) is 5.75 Å². The average molecular weight is 519 g/mol. The van der Waals surface area contributed by atoms with Crippen LogP contribution < -0.4 is 4.74 Å². The maximum absolute atomic E-state index is 12.8. The van der Waals surface area contributed by atoms with Gasteiger partial charge in [0.2, 0.25) is 0 Å². The quantitative estimate of drug-likeness (QED) is 0.226. The normalized spacial score (nSPS) is 12.3. The molecule has 0 atom stereocenters. The number of ketones is 1. The molecule has 2 aromatic carbocycles. The van der Waals surface area contributed by atoms with Gasteiger partial charge < -0.3 is 9.47 Å². The van der Waals surface area contributed by atoms with Crippen molar-refractivity contribution in [2.45, 2.75) is 64.8 Å². The van der Waals surface area contributed by atoms with Gasteiger partial charge >= 0.3 is 12.1 Å². The molecule has 0 amide bonds. The lowest BCUT2D eigenvalue weighted by molar-refractivity contribution is -0.170. The minimum atomic E-state index is -4.38. The second kappa shape index (κ2) is 10.5. The number of esters is 1. The molecule has 3 aromatic rings. The summed E-state index contributed by atoms with van der Waals surface area (Å²) in [5, 5.41) is 0. The van der Waals surface area contributed by atoms with Crippen molar-refractivity contribution in [1.82, 2.24) is 0 Å². The molecule has 0 aliphatic heterocycles. The van der Waals surface area contributed by atoms with Gasteiger partial charge in [-0.2, -0.15) is 13.2 Å². The summed E-state index contributed by atoms with van der Waals surface area (Å²) in [5.74, 6) is 0.0150. The predicted molar refractivity (Wildman–Crippen MR) is 134 cm³/mol. The third-order valence-corrected chi connectivity index (χ3v) is 6.38. The summed E-state index contributed by atoms with van der Waals surface area (Å²) in [6.07, 6.45) is -3.58. The van der Waals surface area contributed by atoms with Crippen molar-refractivity contribution in [3.63, 3.8) is 0 Å². The fraction of sp³-hybridized carbons (Fsp3) is 0.357. The summed E-state index contributed by atoms with van der Waals surface area (Å²) in [4.78, 5) is 26.4. The lowest BCUT2D eigenvalue weighted by Gasteiger charge is -2.29. The smallest absolute Gasteiger partial charge is 0.416 e. The van der Waals surface area contributed by atoms with E-state index >= 15 is 0 Å². The van der Waals surface area contributed by atoms with Gasteiger partial charge in [0.15, 0.2) is 11.4 Å². The Morgan fingerprint density at radius 2 is 1.44 bits per heavy atom. The van der Waals surface area contributed by atoms with Crippen molar-refractivity contribution in [2.75, 3.05) is 0 Å². The lowest BCUT2D eigenvalue weighted by Crippen LogP contribution is -2.43. The molecule has 4 nitrogen and oxygen atoms in total. The van der Waals surface area contributed by atoms with E-state index < -0.39 is 28.9 Å². The molecule has 0 aliphatic rings. The van der Waals surface area contributed by atoms with Crippen LogP contribution in [0.2, 0.25) is 0 Å². The van der Waals surface area contributed by atoms with E-state index in [9.17, 15) is 22.8 Å². The van der Waals surface area contributed by atoms with Crippen molar-refractivity contribution in [3.8, 4) is 16.2 Å². The Kier molecular flexibility index (Phi) is 7.98. The highest BCUT2D eigenvalue weighted by atomic mass is 32.1. The largest absolute Gasteiger partial charge is 0.476 e. The molecule has 0 radical (unpaired) electrons. The molecule has 8 heteroatoms. The SMILES string of the molecule is CC(C)(C)OC(=O)C(C)(C)Oc1ccc(CCC(=O)c2ccc(-c3ccc(C(F)(F)F)cc3)s2)cc1. The van der Waals surface area contributed by atoms with E-state index in [1.54, 1.807) is 58.9 Å². The molecule has 1 heterocycles. The zero-order valence-electron chi connectivity index (χ0n) is 20.9. The van der Waals surface area contributed by atoms with E-state index in [1.165, 1.54) is 23.5 Å². The van der Waals surface area contributed by atoms with Crippen molar-refractivity contribution in [3.05, 3.63) is 76.7 Å². The maximum Gasteiger partial charge on any atom is 0.416 e. The summed E-state index contributed by atoms with van der Waals surface area (Å²) in [7, 11) is 0. The zero-order chi connectivity index (χ0) is 26.7. The van der Waals surface area contributed by atoms with Gasteiger partial charge in [-0.05, 0) is 88.6 Å². The molecule has 0 unspecified atom stereocenters. The molecule has 0 bridgehead atoms. The number of hydrogen-bond donors (Lipinski definition) is 0. The summed E-state index contributed by atoms with van der Waals surface area (Å²) >= 11 is 1.26. The Hall–Kier alpha value is -3.13. The van der Waals surface area contributed by atoms with Crippen LogP contribution in [0.15, 0.2) is 60.7 Å². The van der Waals surface area contributed by atoms with Gasteiger partial charge in [0, 0.05) is 11.3 Å². The van der Waals surface area contributed by atoms with Gasteiger partial charge in [-0.15, -0.1) is 11.3 Å². The van der Waals surface area contributed by atoms with Gasteiger partial charge in [0.1, 0.15) is 11.4 Å². The van der Waals surface area contributed by atoms with Crippen LogP contribution in [0.4, 0.5) is 13.2 Å². The first-order valence-corrected chi connectivity index (χ1v) is 12.3. The van der Waals surface area contributed by atoms with E-state index in [0.29, 0.717) is 22.6 Å². The van der Waals surface area contributed by atoms with E-state index in [4.69, 9.17) is 9.47 Å². The second-order valence-corrected chi connectivity index (χ2v) is 11.0. The molecule has 0 N–H and O–H groups in total. The Labute approximate surface area is 213 Å². The van der Waals surface area contributed by atoms with Gasteiger partial charge in [0.25, 0.3) is 0 Å². The van der Waals surface area contributed by atoms with Crippen LogP contribution in [-0.4, -0.2) is 23.0 Å². The second-order valence-electron chi connectivity index (χ2n) is 9.92. The topological polar surface area (TPSA) is 52.6 Å². The predicted octanol–water partition coefficient (Wildman–Crippen LogP) is 7.75. The van der Waals surface area contributed by atoms with Gasteiger partial charge in [0.05, 0.1) is 10.4 Å². The number of alkyl halides is 3. The van der Waals surface area contributed by atoms with Gasteiger partial charge in [-0.3, -0.25) is 4.79 Å². The van der Waals surface area contributed by atoms with Crippen LogP contribution >= 0.6 is 11.3 Å². The maximum atomic E-state index is 12.8. The number of benzene rings is 2. The molecule has 0 spiro atoms. The van der Waals surface area contributed by atoms with E-state index in [-0.39, 0.29) is 12.2 Å². The molecule has 0 saturated heterocycles. The molecule has 0 saturated carbocycles. The first-order valence-electron chi connectivity index (χ1n) is 11.5. The third kappa shape index (κ3) is 7.43. The van der Waals surface area contributed by atoms with Gasteiger partial charge in [-0.1, -0.05) is 24.3 Å². The molecule has 1 aromatic heterocycles. The number of Topliss-reactive ketones (excluding diaryl/α,β-unsaturated/α-hetero) is 1. The highest BCUT2D eigenvalue weighted by Crippen LogP contribution is 2.33. The number of aryl methyl sites for hydroxylation is 1. The van der Waals surface area contributed by atoms with E-state index in [2.05, 4.69) is 0 Å². The first kappa shape index (κ1) is 27.5. The average Bonchev–Trinajstić information content (AvgIpc) is 3.27. The Balaban J connectivity index is 1.56. The summed E-state index contributed by atoms with van der Waals surface area (Å²) in [6.45, 7) is 8.68. The van der Waals surface area contributed by atoms with Crippen molar-refractivity contribution < 1.29 is 32.2 Å². The minimum absolute atomic E-state index is 0.0375. The van der Waals surface area contributed by atoms with Crippen LogP contribution in [0.25, 0.3) is 10.4 Å². The van der Waals surface area contributed by atoms with E-state index in [1.807, 2.05) is 12.1 Å². The van der Waals surface area contributed by atoms with Crippen LogP contribution in [0, 0.1) is 0 Å². The van der Waals surface area contributed by atoms with Crippen LogP contribution in [-0.2, 0) is 22.1 Å². The number of carbonyl (C=O) groups excluding carboxylic acids is 2. The Morgan fingerprint density at radius 3 is 2.00 bits per heavy atom. The molecular formula is C28H29F3O4S. The number of thiophene rings is 1. The highest BCUT2D eigenvalue weighted by Gasteiger charge is 2.35. The number of rotatable bonds is 8. The summed E-state index contributed by atoms with van der Waals surface area (Å²) < 4.78 is 49.5. The number of carbonyl (C=O) groups is 2. The third-order valence-electron chi connectivity index (χ3n) is 5.21. The molecule has 0 fully saturated rings. The molecule has 192 valence electrons. The monoisotopic (exact) mass is 518 g/mol. The van der Waals surface area contributed by atoms with E-state index in [0.717, 1.165) is 22.6 Å². The van der Waals surface area contributed by atoms with Crippen molar-refractivity contribution in [1.29, 1.82) is 0 Å². The van der Waals surface area contributed by atoms with Crippen LogP contribution in [0.1, 0.15) is 61.8 Å². The lowest BCUT2D eigenvalue weighted by atomic mass is 10.1. The zero-order valence-corrected chi connectivity index (χ0v) is 21.7. The summed E-state index contributed by atoms with van der Waals surface area (Å²) in [5.41, 5.74) is -0.907. The Morgan fingerprint density at radius 1 is 0.833 bits per heavy atom. The van der Waals surface area contributed by atoms with Crippen molar-refractivity contribution in [2.24, 2.45) is 0 Å². The highest BCUT2D eigenvalue weighted by molar-refractivity contribution is 7.17. The number of ether oxygens (including phenoxy) is 2. The molecule has 3 rings (SSSR count). The standard InChI is InChI=1S/C28H29F3O4S/c1-26(2,3)35-25(33)27(4,5)34-21-13-6-18(7-14-21)8-15-22(32)24-17-16-23(36-24)19-9-11-20(12-10-19)28(29,30)31/h6-7,9-14,16-17H,8,15H2,1-5H3. The Bertz CT molecular complexity index is 1200. The van der Waals surface area contributed by atoms with Crippen LogP contribution in [0.3, 0.4) is 0 Å². The first-order chi connectivity index (χ1) is 16.6. The fourth-order valence-electron chi connectivity index (χ4n) is 3.31. The molecule has 36 heavy (non-hydrogen) atoms. The van der Waals surface area contributed by atoms with Gasteiger partial charge in [-0.25, -0.2) is 4.79 Å².